The van der Waals surface area contributed by atoms with Gasteiger partial charge in [0.15, 0.2) is 0 Å². The number of aliphatic carboxylic acids is 1. The van der Waals surface area contributed by atoms with Crippen molar-refractivity contribution in [1.29, 1.82) is 0 Å². The molecular formula is C11H10N2O3S. The Morgan fingerprint density at radius 2 is 2.41 bits per heavy atom. The van der Waals surface area contributed by atoms with Crippen LogP contribution in [0.4, 0.5) is 0 Å². The summed E-state index contributed by atoms with van der Waals surface area (Å²) < 4.78 is 1.99. The predicted octanol–water partition coefficient (Wildman–Crippen LogP) is 1.41. The third-order valence-corrected chi connectivity index (χ3v) is 3.36. The topological polar surface area (TPSA) is 72.2 Å². The first-order chi connectivity index (χ1) is 8.09. The summed E-state index contributed by atoms with van der Waals surface area (Å²) in [6.45, 7) is 2.12. The monoisotopic (exact) mass is 250 g/mol. The van der Waals surface area contributed by atoms with Crippen LogP contribution in [0.5, 0.6) is 0 Å². The highest BCUT2D eigenvalue weighted by atomic mass is 32.1. The van der Waals surface area contributed by atoms with Crippen LogP contribution in [0.15, 0.2) is 28.7 Å². The number of rotatable bonds is 3. The van der Waals surface area contributed by atoms with Crippen LogP contribution in [0.2, 0.25) is 0 Å². The van der Waals surface area contributed by atoms with Crippen molar-refractivity contribution >= 4 is 27.5 Å². The maximum atomic E-state index is 12.0. The van der Waals surface area contributed by atoms with Gasteiger partial charge in [0.25, 0.3) is 5.56 Å². The number of aromatic nitrogens is 2. The predicted molar refractivity (Wildman–Crippen MR) is 65.4 cm³/mol. The largest absolute Gasteiger partial charge is 0.478 e. The summed E-state index contributed by atoms with van der Waals surface area (Å²) in [6, 6.07) is 0. The molecule has 0 aliphatic rings. The molecule has 0 radical (unpaired) electrons. The van der Waals surface area contributed by atoms with Gasteiger partial charge in [-0.3, -0.25) is 9.36 Å². The molecule has 2 heterocycles. The number of hydrogen-bond donors (Lipinski definition) is 1. The number of carboxylic acid groups (broad SMARTS) is 1. The van der Waals surface area contributed by atoms with E-state index < -0.39 is 5.97 Å². The number of hydrogen-bond acceptors (Lipinski definition) is 4. The summed E-state index contributed by atoms with van der Waals surface area (Å²) in [7, 11) is 0. The Morgan fingerprint density at radius 1 is 1.65 bits per heavy atom. The van der Waals surface area contributed by atoms with E-state index >= 15 is 0 Å². The Morgan fingerprint density at radius 3 is 3.12 bits per heavy atom. The third kappa shape index (κ3) is 2.26. The smallest absolute Gasteiger partial charge is 0.328 e. The molecule has 2 aromatic rings. The van der Waals surface area contributed by atoms with E-state index in [1.165, 1.54) is 28.3 Å². The zero-order valence-electron chi connectivity index (χ0n) is 9.08. The average Bonchev–Trinajstić information content (AvgIpc) is 2.64. The molecular weight excluding hydrogens is 240 g/mol. The average molecular weight is 250 g/mol. The van der Waals surface area contributed by atoms with E-state index in [1.807, 2.05) is 12.3 Å². The second kappa shape index (κ2) is 4.50. The molecule has 0 bridgehead atoms. The van der Waals surface area contributed by atoms with Gasteiger partial charge >= 0.3 is 5.97 Å². The van der Waals surface area contributed by atoms with Crippen molar-refractivity contribution in [3.8, 4) is 0 Å². The van der Waals surface area contributed by atoms with Gasteiger partial charge in [-0.1, -0.05) is 6.08 Å². The highest BCUT2D eigenvalue weighted by Crippen LogP contribution is 2.19. The molecule has 5 nitrogen and oxygen atoms in total. The molecule has 6 heteroatoms. The quantitative estimate of drug-likeness (QED) is 0.836. The Balaban J connectivity index is 2.40. The standard InChI is InChI=1S/C11H10N2O3S/c1-7-5-17-10-9(7)12-6-13(11(10)16)4-2-3-8(14)15/h2-3,5-6H,4H2,1H3,(H,14,15)/b3-2+. The molecule has 0 amide bonds. The van der Waals surface area contributed by atoms with Crippen LogP contribution in [0.25, 0.3) is 10.2 Å². The fourth-order valence-electron chi connectivity index (χ4n) is 1.46. The summed E-state index contributed by atoms with van der Waals surface area (Å²) in [5, 5.41) is 10.3. The number of carbonyl (C=O) groups is 1. The molecule has 1 N–H and O–H groups in total. The molecule has 0 saturated carbocycles. The first-order valence-electron chi connectivity index (χ1n) is 4.92. The van der Waals surface area contributed by atoms with Gasteiger partial charge in [0.2, 0.25) is 0 Å². The molecule has 0 saturated heterocycles. The van der Waals surface area contributed by atoms with Crippen molar-refractivity contribution < 1.29 is 9.90 Å². The molecule has 0 aromatic carbocycles. The van der Waals surface area contributed by atoms with Gasteiger partial charge in [0, 0.05) is 12.6 Å². The van der Waals surface area contributed by atoms with E-state index in [0.717, 1.165) is 17.2 Å². The SMILES string of the molecule is Cc1csc2c(=O)n(C/C=C/C(=O)O)cnc12. The Labute approximate surface area is 101 Å². The lowest BCUT2D eigenvalue weighted by Gasteiger charge is -2.00. The molecule has 0 unspecified atom stereocenters. The zero-order chi connectivity index (χ0) is 12.4. The van der Waals surface area contributed by atoms with Crippen molar-refractivity contribution in [3.05, 3.63) is 39.8 Å². The molecule has 2 rings (SSSR count). The van der Waals surface area contributed by atoms with Crippen LogP contribution in [-0.2, 0) is 11.3 Å². The molecule has 0 atom stereocenters. The molecule has 0 aliphatic heterocycles. The zero-order valence-corrected chi connectivity index (χ0v) is 9.90. The summed E-state index contributed by atoms with van der Waals surface area (Å²) in [4.78, 5) is 26.5. The molecule has 0 aliphatic carbocycles. The maximum Gasteiger partial charge on any atom is 0.328 e. The van der Waals surface area contributed by atoms with Gasteiger partial charge in [0.05, 0.1) is 11.8 Å². The van der Waals surface area contributed by atoms with Crippen LogP contribution in [0, 0.1) is 6.92 Å². The van der Waals surface area contributed by atoms with Gasteiger partial charge in [-0.15, -0.1) is 11.3 Å². The Bertz CT molecular complexity index is 654. The summed E-state index contributed by atoms with van der Waals surface area (Å²) in [5.41, 5.74) is 1.57. The molecule has 17 heavy (non-hydrogen) atoms. The van der Waals surface area contributed by atoms with Crippen LogP contribution in [0.3, 0.4) is 0 Å². The van der Waals surface area contributed by atoms with Crippen molar-refractivity contribution in [2.45, 2.75) is 13.5 Å². The van der Waals surface area contributed by atoms with Gasteiger partial charge in [-0.05, 0) is 17.9 Å². The number of allylic oxidation sites excluding steroid dienone is 1. The molecule has 0 spiro atoms. The minimum Gasteiger partial charge on any atom is -0.478 e. The van der Waals surface area contributed by atoms with Crippen molar-refractivity contribution in [2.24, 2.45) is 0 Å². The highest BCUT2D eigenvalue weighted by Gasteiger charge is 2.07. The van der Waals surface area contributed by atoms with E-state index in [2.05, 4.69) is 4.98 Å². The Hall–Kier alpha value is -1.95. The summed E-state index contributed by atoms with van der Waals surface area (Å²) in [6.07, 6.45) is 3.87. The minimum absolute atomic E-state index is 0.136. The van der Waals surface area contributed by atoms with Crippen LogP contribution in [-0.4, -0.2) is 20.6 Å². The van der Waals surface area contributed by atoms with Gasteiger partial charge in [-0.25, -0.2) is 9.78 Å². The van der Waals surface area contributed by atoms with Crippen molar-refractivity contribution in [3.63, 3.8) is 0 Å². The summed E-state index contributed by atoms with van der Waals surface area (Å²) in [5.74, 6) is -1.03. The number of aryl methyl sites for hydroxylation is 1. The fourth-order valence-corrected chi connectivity index (χ4v) is 2.41. The fraction of sp³-hybridized carbons (Fsp3) is 0.182. The van der Waals surface area contributed by atoms with Crippen LogP contribution >= 0.6 is 11.3 Å². The van der Waals surface area contributed by atoms with Gasteiger partial charge in [-0.2, -0.15) is 0 Å². The number of nitrogens with zero attached hydrogens (tertiary/aromatic N) is 2. The Kier molecular flexibility index (Phi) is 3.06. The molecule has 88 valence electrons. The van der Waals surface area contributed by atoms with Gasteiger partial charge < -0.3 is 5.11 Å². The van der Waals surface area contributed by atoms with Crippen LogP contribution in [0.1, 0.15) is 5.56 Å². The maximum absolute atomic E-state index is 12.0. The van der Waals surface area contributed by atoms with Crippen LogP contribution < -0.4 is 5.56 Å². The lowest BCUT2D eigenvalue weighted by atomic mass is 10.3. The van der Waals surface area contributed by atoms with E-state index in [1.54, 1.807) is 0 Å². The van der Waals surface area contributed by atoms with E-state index in [9.17, 15) is 9.59 Å². The summed E-state index contributed by atoms with van der Waals surface area (Å²) >= 11 is 1.36. The van der Waals surface area contributed by atoms with E-state index in [-0.39, 0.29) is 12.1 Å². The first-order valence-corrected chi connectivity index (χ1v) is 5.80. The van der Waals surface area contributed by atoms with Crippen molar-refractivity contribution in [1.82, 2.24) is 9.55 Å². The van der Waals surface area contributed by atoms with Crippen molar-refractivity contribution in [2.75, 3.05) is 0 Å². The molecule has 0 fully saturated rings. The molecule has 2 aromatic heterocycles. The van der Waals surface area contributed by atoms with E-state index in [4.69, 9.17) is 5.11 Å². The minimum atomic E-state index is -1.03. The van der Waals surface area contributed by atoms with Gasteiger partial charge in [0.1, 0.15) is 4.70 Å². The lowest BCUT2D eigenvalue weighted by molar-refractivity contribution is -0.131. The second-order valence-electron chi connectivity index (χ2n) is 3.54. The number of carboxylic acids is 1. The van der Waals surface area contributed by atoms with E-state index in [0.29, 0.717) is 4.70 Å². The number of thiophene rings is 1. The normalized spacial score (nSPS) is 11.4. The highest BCUT2D eigenvalue weighted by molar-refractivity contribution is 7.17. The number of fused-ring (bicyclic) bond motifs is 1. The first kappa shape index (κ1) is 11.5. The second-order valence-corrected chi connectivity index (χ2v) is 4.42. The lowest BCUT2D eigenvalue weighted by Crippen LogP contribution is -2.19. The third-order valence-electron chi connectivity index (χ3n) is 2.29.